The molecule has 1 aromatic heterocycles. The number of benzene rings is 3. The maximum absolute atomic E-state index is 5.56. The van der Waals surface area contributed by atoms with Gasteiger partial charge in [0.05, 0.1) is 62.1 Å². The lowest BCUT2D eigenvalue weighted by molar-refractivity contribution is 0.122. The number of aromatic nitrogens is 2. The molecule has 0 saturated carbocycles. The highest BCUT2D eigenvalue weighted by molar-refractivity contribution is 5.88. The molecule has 3 aromatic carbocycles. The zero-order valence-electron chi connectivity index (χ0n) is 22.8. The molecule has 0 radical (unpaired) electrons. The second kappa shape index (κ2) is 11.4. The molecule has 40 heavy (non-hydrogen) atoms. The van der Waals surface area contributed by atoms with Crippen LogP contribution < -0.4 is 14.7 Å². The largest absolute Gasteiger partial charge is 0.378 e. The van der Waals surface area contributed by atoms with Crippen molar-refractivity contribution in [3.8, 4) is 22.5 Å². The summed E-state index contributed by atoms with van der Waals surface area (Å²) in [5.74, 6) is 0. The third-order valence-electron chi connectivity index (χ3n) is 8.06. The molecule has 206 valence electrons. The van der Waals surface area contributed by atoms with Gasteiger partial charge in [-0.1, -0.05) is 24.3 Å². The quantitative estimate of drug-likeness (QED) is 0.370. The van der Waals surface area contributed by atoms with Gasteiger partial charge in [-0.05, 0) is 42.5 Å². The first-order chi connectivity index (χ1) is 19.8. The maximum Gasteiger partial charge on any atom is 0.0973 e. The molecule has 4 heterocycles. The third kappa shape index (κ3) is 5.22. The summed E-state index contributed by atoms with van der Waals surface area (Å²) in [6.45, 7) is 10.0. The van der Waals surface area contributed by atoms with E-state index >= 15 is 0 Å². The Morgan fingerprint density at radius 3 is 1.25 bits per heavy atom. The minimum absolute atomic E-state index is 0.754. The molecule has 0 unspecified atom stereocenters. The number of nitrogens with zero attached hydrogens (tertiary/aromatic N) is 5. The van der Waals surface area contributed by atoms with E-state index in [1.165, 1.54) is 17.1 Å². The molecule has 8 nitrogen and oxygen atoms in total. The first kappa shape index (κ1) is 25.3. The first-order valence-corrected chi connectivity index (χ1v) is 14.3. The summed E-state index contributed by atoms with van der Waals surface area (Å²) in [5.41, 5.74) is 9.34. The normalized spacial score (nSPS) is 18.4. The van der Waals surface area contributed by atoms with Gasteiger partial charge in [0, 0.05) is 67.5 Å². The Morgan fingerprint density at radius 2 is 0.800 bits per heavy atom. The predicted molar refractivity (Wildman–Crippen MR) is 160 cm³/mol. The predicted octanol–water partition coefficient (Wildman–Crippen LogP) is 4.47. The summed E-state index contributed by atoms with van der Waals surface area (Å²) < 4.78 is 16.6. The average molecular weight is 538 g/mol. The molecule has 3 aliphatic rings. The van der Waals surface area contributed by atoms with Crippen molar-refractivity contribution in [3.05, 3.63) is 66.7 Å². The van der Waals surface area contributed by atoms with Gasteiger partial charge in [-0.15, -0.1) is 0 Å². The Kier molecular flexibility index (Phi) is 7.21. The van der Waals surface area contributed by atoms with E-state index in [4.69, 9.17) is 24.2 Å². The molecule has 0 spiro atoms. The van der Waals surface area contributed by atoms with E-state index in [1.807, 2.05) is 0 Å². The third-order valence-corrected chi connectivity index (χ3v) is 8.06. The van der Waals surface area contributed by atoms with Crippen molar-refractivity contribution in [1.29, 1.82) is 0 Å². The van der Waals surface area contributed by atoms with Crippen molar-refractivity contribution in [1.82, 2.24) is 9.97 Å². The molecular weight excluding hydrogens is 502 g/mol. The molecule has 4 aromatic rings. The standard InChI is InChI=1S/C32H35N5O3/c1-5-26(35-11-17-38-18-12-35)6-2-24(1)31-32(25-3-7-27(8-4-25)36-13-19-39-20-14-36)34-30-23-28(9-10-29(30)33-31)37-15-21-40-22-16-37/h1-10,23H,11-22H2. The monoisotopic (exact) mass is 537 g/mol. The van der Waals surface area contributed by atoms with E-state index < -0.39 is 0 Å². The van der Waals surface area contributed by atoms with Crippen LogP contribution in [0.5, 0.6) is 0 Å². The van der Waals surface area contributed by atoms with Gasteiger partial charge >= 0.3 is 0 Å². The Morgan fingerprint density at radius 1 is 0.425 bits per heavy atom. The topological polar surface area (TPSA) is 63.2 Å². The number of hydrogen-bond acceptors (Lipinski definition) is 8. The SMILES string of the molecule is c1cc(N2CCOCC2)ccc1-c1nc2ccc(N3CCOCC3)cc2nc1-c1ccc(N2CCOCC2)cc1. The summed E-state index contributed by atoms with van der Waals surface area (Å²) in [6.07, 6.45) is 0. The molecule has 3 aliphatic heterocycles. The van der Waals surface area contributed by atoms with Gasteiger partial charge in [-0.2, -0.15) is 0 Å². The molecule has 0 amide bonds. The Balaban J connectivity index is 1.28. The number of ether oxygens (including phenoxy) is 3. The highest BCUT2D eigenvalue weighted by Crippen LogP contribution is 2.34. The van der Waals surface area contributed by atoms with Crippen LogP contribution in [0.4, 0.5) is 17.1 Å². The van der Waals surface area contributed by atoms with Gasteiger partial charge in [-0.3, -0.25) is 0 Å². The van der Waals surface area contributed by atoms with E-state index in [9.17, 15) is 0 Å². The highest BCUT2D eigenvalue weighted by Gasteiger charge is 2.18. The van der Waals surface area contributed by atoms with Crippen LogP contribution in [0.15, 0.2) is 66.7 Å². The number of morpholine rings is 3. The fourth-order valence-corrected chi connectivity index (χ4v) is 5.77. The van der Waals surface area contributed by atoms with Crippen LogP contribution in [0.2, 0.25) is 0 Å². The Labute approximate surface area is 235 Å². The second-order valence-corrected chi connectivity index (χ2v) is 10.5. The van der Waals surface area contributed by atoms with Crippen molar-refractivity contribution >= 4 is 28.1 Å². The van der Waals surface area contributed by atoms with E-state index in [-0.39, 0.29) is 0 Å². The number of rotatable bonds is 5. The molecule has 0 atom stereocenters. The first-order valence-electron chi connectivity index (χ1n) is 14.3. The fourth-order valence-electron chi connectivity index (χ4n) is 5.77. The van der Waals surface area contributed by atoms with Crippen LogP contribution in [-0.4, -0.2) is 88.9 Å². The van der Waals surface area contributed by atoms with Gasteiger partial charge in [0.25, 0.3) is 0 Å². The van der Waals surface area contributed by atoms with E-state index in [0.717, 1.165) is 112 Å². The molecule has 0 bridgehead atoms. The zero-order valence-corrected chi connectivity index (χ0v) is 22.8. The van der Waals surface area contributed by atoms with Crippen molar-refractivity contribution in [3.63, 3.8) is 0 Å². The van der Waals surface area contributed by atoms with Crippen molar-refractivity contribution in [2.24, 2.45) is 0 Å². The zero-order chi connectivity index (χ0) is 26.7. The maximum atomic E-state index is 5.56. The second-order valence-electron chi connectivity index (χ2n) is 10.5. The van der Waals surface area contributed by atoms with Crippen molar-refractivity contribution < 1.29 is 14.2 Å². The lowest BCUT2D eigenvalue weighted by Crippen LogP contribution is -2.36. The number of fused-ring (bicyclic) bond motifs is 1. The van der Waals surface area contributed by atoms with E-state index in [1.54, 1.807) is 0 Å². The highest BCUT2D eigenvalue weighted by atomic mass is 16.5. The minimum atomic E-state index is 0.754. The molecule has 3 saturated heterocycles. The summed E-state index contributed by atoms with van der Waals surface area (Å²) in [6, 6.07) is 23.9. The van der Waals surface area contributed by atoms with Gasteiger partial charge < -0.3 is 28.9 Å². The van der Waals surface area contributed by atoms with Crippen LogP contribution in [0.1, 0.15) is 0 Å². The summed E-state index contributed by atoms with van der Waals surface area (Å²) in [4.78, 5) is 17.6. The molecule has 3 fully saturated rings. The number of anilines is 3. The summed E-state index contributed by atoms with van der Waals surface area (Å²) >= 11 is 0. The minimum Gasteiger partial charge on any atom is -0.378 e. The summed E-state index contributed by atoms with van der Waals surface area (Å²) in [7, 11) is 0. The van der Waals surface area contributed by atoms with Crippen LogP contribution in [0.25, 0.3) is 33.5 Å². The van der Waals surface area contributed by atoms with Crippen LogP contribution >= 0.6 is 0 Å². The van der Waals surface area contributed by atoms with Crippen LogP contribution in [0, 0.1) is 0 Å². The summed E-state index contributed by atoms with van der Waals surface area (Å²) in [5, 5.41) is 0. The fraction of sp³-hybridized carbons (Fsp3) is 0.375. The molecule has 8 heteroatoms. The lowest BCUT2D eigenvalue weighted by Gasteiger charge is -2.29. The lowest BCUT2D eigenvalue weighted by atomic mass is 10.0. The van der Waals surface area contributed by atoms with Crippen LogP contribution in [-0.2, 0) is 14.2 Å². The van der Waals surface area contributed by atoms with Crippen molar-refractivity contribution in [2.45, 2.75) is 0 Å². The smallest absolute Gasteiger partial charge is 0.0973 e. The van der Waals surface area contributed by atoms with Gasteiger partial charge in [-0.25, -0.2) is 9.97 Å². The number of hydrogen-bond donors (Lipinski definition) is 0. The van der Waals surface area contributed by atoms with Gasteiger partial charge in [0.15, 0.2) is 0 Å². The van der Waals surface area contributed by atoms with Crippen molar-refractivity contribution in [2.75, 3.05) is 93.6 Å². The Bertz CT molecular complexity index is 1440. The van der Waals surface area contributed by atoms with Gasteiger partial charge in [0.2, 0.25) is 0 Å². The van der Waals surface area contributed by atoms with Crippen LogP contribution in [0.3, 0.4) is 0 Å². The van der Waals surface area contributed by atoms with E-state index in [0.29, 0.717) is 0 Å². The Hall–Kier alpha value is -3.72. The average Bonchev–Trinajstić information content (AvgIpc) is 3.05. The molecule has 0 N–H and O–H groups in total. The molecule has 0 aliphatic carbocycles. The molecular formula is C32H35N5O3. The molecule has 7 rings (SSSR count). The van der Waals surface area contributed by atoms with E-state index in [2.05, 4.69) is 81.4 Å². The van der Waals surface area contributed by atoms with Gasteiger partial charge in [0.1, 0.15) is 0 Å².